The molecule has 6 nitrogen and oxygen atoms in total. The lowest BCUT2D eigenvalue weighted by Crippen LogP contribution is -2.42. The molecule has 1 saturated carbocycles. The highest BCUT2D eigenvalue weighted by molar-refractivity contribution is 6.31. The van der Waals surface area contributed by atoms with Gasteiger partial charge in [0.15, 0.2) is 0 Å². The Balaban J connectivity index is 1.41. The Bertz CT molecular complexity index is 1170. The number of imidazole rings is 1. The van der Waals surface area contributed by atoms with Crippen LogP contribution in [0.4, 0.5) is 5.69 Å². The van der Waals surface area contributed by atoms with Crippen LogP contribution in [0.1, 0.15) is 59.9 Å². The SMILES string of the molecule is CCN(c1cc(Cl)cc(C(=O)NCCc2nccn2Cc2ccccc2)c1C)C1CCC(N(C)C)CC1. The highest BCUT2D eigenvalue weighted by atomic mass is 35.5. The van der Waals surface area contributed by atoms with Crippen LogP contribution >= 0.6 is 11.6 Å². The zero-order valence-electron chi connectivity index (χ0n) is 22.6. The predicted octanol–water partition coefficient (Wildman–Crippen LogP) is 5.56. The molecule has 1 aliphatic rings. The van der Waals surface area contributed by atoms with Gasteiger partial charge in [0.25, 0.3) is 5.91 Å². The smallest absolute Gasteiger partial charge is 0.251 e. The molecular weight excluding hydrogens is 482 g/mol. The Hall–Kier alpha value is -2.83. The number of halogens is 1. The van der Waals surface area contributed by atoms with Crippen molar-refractivity contribution in [3.05, 3.63) is 82.4 Å². The van der Waals surface area contributed by atoms with Gasteiger partial charge in [-0.2, -0.15) is 0 Å². The van der Waals surface area contributed by atoms with Crippen LogP contribution in [-0.2, 0) is 13.0 Å². The van der Waals surface area contributed by atoms with Crippen molar-refractivity contribution >= 4 is 23.2 Å². The van der Waals surface area contributed by atoms with E-state index < -0.39 is 0 Å². The first-order valence-electron chi connectivity index (χ1n) is 13.4. The maximum Gasteiger partial charge on any atom is 0.251 e. The molecule has 3 aromatic rings. The van der Waals surface area contributed by atoms with E-state index in [0.717, 1.165) is 43.0 Å². The molecule has 2 aromatic carbocycles. The Morgan fingerprint density at radius 1 is 1.11 bits per heavy atom. The number of hydrogen-bond acceptors (Lipinski definition) is 4. The molecule has 1 aromatic heterocycles. The molecule has 0 unspecified atom stereocenters. The van der Waals surface area contributed by atoms with Gasteiger partial charge in [0, 0.05) is 66.8 Å². The highest BCUT2D eigenvalue weighted by Gasteiger charge is 2.28. The van der Waals surface area contributed by atoms with Crippen LogP contribution in [0.15, 0.2) is 54.9 Å². The van der Waals surface area contributed by atoms with E-state index in [2.05, 4.69) is 57.8 Å². The normalized spacial score (nSPS) is 17.7. The van der Waals surface area contributed by atoms with Crippen LogP contribution in [0.3, 0.4) is 0 Å². The first-order chi connectivity index (χ1) is 17.9. The zero-order chi connectivity index (χ0) is 26.4. The summed E-state index contributed by atoms with van der Waals surface area (Å²) in [4.78, 5) is 22.6. The lowest BCUT2D eigenvalue weighted by molar-refractivity contribution is 0.0953. The summed E-state index contributed by atoms with van der Waals surface area (Å²) in [5.41, 5.74) is 3.94. The largest absolute Gasteiger partial charge is 0.369 e. The summed E-state index contributed by atoms with van der Waals surface area (Å²) >= 11 is 6.56. The number of amides is 1. The van der Waals surface area contributed by atoms with Crippen molar-refractivity contribution < 1.29 is 4.79 Å². The van der Waals surface area contributed by atoms with Gasteiger partial charge in [0.1, 0.15) is 5.82 Å². The van der Waals surface area contributed by atoms with Crippen LogP contribution in [-0.4, -0.2) is 59.6 Å². The summed E-state index contributed by atoms with van der Waals surface area (Å²) in [5, 5.41) is 3.70. The quantitative estimate of drug-likeness (QED) is 0.379. The van der Waals surface area contributed by atoms with Gasteiger partial charge in [-0.25, -0.2) is 4.98 Å². The Labute approximate surface area is 226 Å². The summed E-state index contributed by atoms with van der Waals surface area (Å²) in [6, 6.07) is 15.3. The third-order valence-corrected chi connectivity index (χ3v) is 7.93. The molecule has 1 heterocycles. The van der Waals surface area contributed by atoms with E-state index in [1.807, 2.05) is 43.6 Å². The van der Waals surface area contributed by atoms with Gasteiger partial charge in [0.05, 0.1) is 0 Å². The number of aromatic nitrogens is 2. The minimum Gasteiger partial charge on any atom is -0.369 e. The van der Waals surface area contributed by atoms with E-state index in [9.17, 15) is 4.79 Å². The fourth-order valence-electron chi connectivity index (χ4n) is 5.59. The summed E-state index contributed by atoms with van der Waals surface area (Å²) in [6.45, 7) is 6.41. The van der Waals surface area contributed by atoms with Gasteiger partial charge in [-0.05, 0) is 76.9 Å². The minimum atomic E-state index is -0.0882. The monoisotopic (exact) mass is 521 g/mol. The van der Waals surface area contributed by atoms with Gasteiger partial charge in [-0.3, -0.25) is 4.79 Å². The molecule has 1 amide bonds. The van der Waals surface area contributed by atoms with E-state index in [1.54, 1.807) is 6.07 Å². The second kappa shape index (κ2) is 12.6. The van der Waals surface area contributed by atoms with E-state index in [-0.39, 0.29) is 5.91 Å². The predicted molar refractivity (Wildman–Crippen MR) is 153 cm³/mol. The Morgan fingerprint density at radius 2 is 1.81 bits per heavy atom. The molecule has 0 aliphatic heterocycles. The standard InChI is InChI=1S/C30H40ClN5O/c1-5-36(26-13-11-25(12-14-26)34(3)4)28-20-24(31)19-27(22(28)2)30(37)33-16-15-29-32-17-18-35(29)21-23-9-7-6-8-10-23/h6-10,17-20,25-26H,5,11-16,21H2,1-4H3,(H,33,37). The number of hydrogen-bond donors (Lipinski definition) is 1. The second-order valence-electron chi connectivity index (χ2n) is 10.3. The number of benzene rings is 2. The number of carbonyl (C=O) groups is 1. The van der Waals surface area contributed by atoms with Crippen molar-refractivity contribution in [1.29, 1.82) is 0 Å². The lowest BCUT2D eigenvalue weighted by atomic mass is 9.89. The number of nitrogens with one attached hydrogen (secondary N) is 1. The molecule has 4 rings (SSSR count). The van der Waals surface area contributed by atoms with Gasteiger partial charge in [-0.15, -0.1) is 0 Å². The Kier molecular flexibility index (Phi) is 9.28. The molecule has 0 atom stereocenters. The van der Waals surface area contributed by atoms with Crippen LogP contribution in [0.25, 0.3) is 0 Å². The number of anilines is 1. The van der Waals surface area contributed by atoms with E-state index in [0.29, 0.717) is 35.6 Å². The molecule has 1 fully saturated rings. The van der Waals surface area contributed by atoms with Crippen molar-refractivity contribution in [3.63, 3.8) is 0 Å². The van der Waals surface area contributed by atoms with Gasteiger partial charge in [-0.1, -0.05) is 41.9 Å². The van der Waals surface area contributed by atoms with Crippen molar-refractivity contribution in [3.8, 4) is 0 Å². The van der Waals surface area contributed by atoms with Crippen LogP contribution < -0.4 is 10.2 Å². The molecular formula is C30H40ClN5O. The first-order valence-corrected chi connectivity index (χ1v) is 13.8. The molecule has 0 saturated heterocycles. The van der Waals surface area contributed by atoms with E-state index >= 15 is 0 Å². The van der Waals surface area contributed by atoms with E-state index in [1.165, 1.54) is 18.4 Å². The fraction of sp³-hybridized carbons (Fsp3) is 0.467. The van der Waals surface area contributed by atoms with Gasteiger partial charge in [0.2, 0.25) is 0 Å². The van der Waals surface area contributed by atoms with Gasteiger partial charge >= 0.3 is 0 Å². The van der Waals surface area contributed by atoms with E-state index in [4.69, 9.17) is 11.6 Å². The summed E-state index contributed by atoms with van der Waals surface area (Å²) in [5.74, 6) is 0.868. The molecule has 0 spiro atoms. The number of rotatable bonds is 10. The second-order valence-corrected chi connectivity index (χ2v) is 10.7. The molecule has 0 bridgehead atoms. The first kappa shape index (κ1) is 27.2. The maximum absolute atomic E-state index is 13.3. The van der Waals surface area contributed by atoms with Gasteiger partial charge < -0.3 is 19.7 Å². The summed E-state index contributed by atoms with van der Waals surface area (Å²) < 4.78 is 2.13. The molecule has 37 heavy (non-hydrogen) atoms. The average Bonchev–Trinajstić information content (AvgIpc) is 3.33. The maximum atomic E-state index is 13.3. The third kappa shape index (κ3) is 6.74. The Morgan fingerprint density at radius 3 is 2.49 bits per heavy atom. The van der Waals surface area contributed by atoms with Crippen molar-refractivity contribution in [1.82, 2.24) is 19.8 Å². The molecule has 1 aliphatic carbocycles. The lowest BCUT2D eigenvalue weighted by Gasteiger charge is -2.40. The highest BCUT2D eigenvalue weighted by Crippen LogP contribution is 2.34. The van der Waals surface area contributed by atoms with Crippen LogP contribution in [0.2, 0.25) is 5.02 Å². The fourth-order valence-corrected chi connectivity index (χ4v) is 5.80. The average molecular weight is 522 g/mol. The molecule has 1 N–H and O–H groups in total. The number of nitrogens with zero attached hydrogens (tertiary/aromatic N) is 4. The number of carbonyl (C=O) groups excluding carboxylic acids is 1. The zero-order valence-corrected chi connectivity index (χ0v) is 23.3. The third-order valence-electron chi connectivity index (χ3n) is 7.71. The summed E-state index contributed by atoms with van der Waals surface area (Å²) in [7, 11) is 4.34. The van der Waals surface area contributed by atoms with Crippen LogP contribution in [0, 0.1) is 6.92 Å². The molecule has 0 radical (unpaired) electrons. The van der Waals surface area contributed by atoms with Crippen molar-refractivity contribution in [2.45, 2.75) is 64.6 Å². The van der Waals surface area contributed by atoms with Crippen LogP contribution in [0.5, 0.6) is 0 Å². The summed E-state index contributed by atoms with van der Waals surface area (Å²) in [6.07, 6.45) is 9.16. The van der Waals surface area contributed by atoms with Crippen molar-refractivity contribution in [2.75, 3.05) is 32.1 Å². The molecule has 7 heteroatoms. The van der Waals surface area contributed by atoms with Crippen molar-refractivity contribution in [2.24, 2.45) is 0 Å². The minimum absolute atomic E-state index is 0.0882. The molecule has 198 valence electrons. The topological polar surface area (TPSA) is 53.4 Å².